The number of fused-ring (bicyclic) bond motifs is 1. The number of aryl methyl sites for hydroxylation is 2. The summed E-state index contributed by atoms with van der Waals surface area (Å²) in [5.41, 5.74) is -0.655. The van der Waals surface area contributed by atoms with E-state index in [9.17, 15) is 19.2 Å². The van der Waals surface area contributed by atoms with Gasteiger partial charge in [0.2, 0.25) is 0 Å². The third-order valence-electron chi connectivity index (χ3n) is 7.01. The Morgan fingerprint density at radius 2 is 1.27 bits per heavy atom. The van der Waals surface area contributed by atoms with Crippen LogP contribution in [0.1, 0.15) is 70.3 Å². The van der Waals surface area contributed by atoms with Gasteiger partial charge in [0.25, 0.3) is 5.56 Å². The molecule has 0 aliphatic heterocycles. The normalized spacial score (nSPS) is 12.2. The minimum atomic E-state index is -2.07. The molecule has 0 aliphatic rings. The van der Waals surface area contributed by atoms with Crippen molar-refractivity contribution >= 4 is 28.6 Å². The minimum Gasteiger partial charge on any atom is -0.459 e. The van der Waals surface area contributed by atoms with Gasteiger partial charge in [-0.3, -0.25) is 19.2 Å². The number of hydrogen-bond acceptors (Lipinski definition) is 8. The molecule has 0 atom stereocenters. The molecule has 0 amide bonds. The summed E-state index contributed by atoms with van der Waals surface area (Å²) in [4.78, 5) is 55.0. The van der Waals surface area contributed by atoms with E-state index in [-0.39, 0.29) is 13.0 Å². The summed E-state index contributed by atoms with van der Waals surface area (Å²) in [6.07, 6.45) is -0.812. The maximum Gasteiger partial charge on any atom is 0.324 e. The topological polar surface area (TPSA) is 117 Å². The second-order valence-corrected chi connectivity index (χ2v) is 13.0. The van der Waals surface area contributed by atoms with Gasteiger partial charge in [0.05, 0.1) is 5.39 Å². The van der Waals surface area contributed by atoms with Crippen LogP contribution in [0.3, 0.4) is 0 Å². The Balaban J connectivity index is 1.74. The second-order valence-electron chi connectivity index (χ2n) is 13.0. The van der Waals surface area contributed by atoms with Crippen molar-refractivity contribution in [3.8, 4) is 11.1 Å². The van der Waals surface area contributed by atoms with Crippen LogP contribution >= 0.6 is 0 Å². The maximum atomic E-state index is 14.0. The van der Waals surface area contributed by atoms with Gasteiger partial charge in [-0.25, -0.2) is 4.68 Å². The molecule has 0 fully saturated rings. The number of Topliss-reactive ketones (excluding diaryl/α,β-unsaturated/α-hetero) is 1. The van der Waals surface area contributed by atoms with Crippen LogP contribution in [-0.4, -0.2) is 43.9 Å². The number of ketones is 1. The molecule has 0 bridgehead atoms. The van der Waals surface area contributed by atoms with E-state index in [1.165, 1.54) is 0 Å². The van der Waals surface area contributed by atoms with Gasteiger partial charge in [-0.15, -0.1) is 5.10 Å². The first kappa shape index (κ1) is 32.3. The molecule has 0 saturated heterocycles. The summed E-state index contributed by atoms with van der Waals surface area (Å²) in [5, 5.41) is 8.48. The molecule has 0 unspecified atom stereocenters. The second kappa shape index (κ2) is 12.5. The Morgan fingerprint density at radius 1 is 0.750 bits per heavy atom. The highest BCUT2D eigenvalue weighted by molar-refractivity contribution is 6.08. The van der Waals surface area contributed by atoms with E-state index in [0.717, 1.165) is 21.4 Å². The fourth-order valence-electron chi connectivity index (χ4n) is 4.71. The van der Waals surface area contributed by atoms with Gasteiger partial charge >= 0.3 is 11.9 Å². The Labute approximate surface area is 257 Å². The quantitative estimate of drug-likeness (QED) is 0.129. The lowest BCUT2D eigenvalue weighted by Crippen LogP contribution is -2.49. The highest BCUT2D eigenvalue weighted by atomic mass is 16.6. The van der Waals surface area contributed by atoms with Gasteiger partial charge in [-0.2, -0.15) is 0 Å². The van der Waals surface area contributed by atoms with Gasteiger partial charge in [-0.1, -0.05) is 71.4 Å². The van der Waals surface area contributed by atoms with Crippen molar-refractivity contribution in [3.63, 3.8) is 0 Å². The molecular formula is C35H39N3O6. The van der Waals surface area contributed by atoms with Gasteiger partial charge in [0.1, 0.15) is 16.7 Å². The molecule has 44 heavy (non-hydrogen) atoms. The molecule has 0 spiro atoms. The molecule has 4 rings (SSSR count). The first-order valence-corrected chi connectivity index (χ1v) is 14.6. The zero-order chi connectivity index (χ0) is 32.3. The fraction of sp³-hybridized carbons (Fsp3) is 0.371. The molecule has 1 aromatic heterocycles. The van der Waals surface area contributed by atoms with Crippen molar-refractivity contribution < 1.29 is 23.9 Å². The summed E-state index contributed by atoms with van der Waals surface area (Å²) in [5.74, 6) is -2.27. The van der Waals surface area contributed by atoms with Gasteiger partial charge in [0.15, 0.2) is 11.2 Å². The van der Waals surface area contributed by atoms with E-state index in [0.29, 0.717) is 16.5 Å². The molecule has 0 saturated carbocycles. The highest BCUT2D eigenvalue weighted by Crippen LogP contribution is 2.36. The number of hydrogen-bond donors (Lipinski definition) is 0. The lowest BCUT2D eigenvalue weighted by molar-refractivity contribution is -0.186. The Hall–Kier alpha value is -4.66. The van der Waals surface area contributed by atoms with E-state index in [1.807, 2.05) is 43.3 Å². The summed E-state index contributed by atoms with van der Waals surface area (Å²) < 4.78 is 12.6. The first-order valence-electron chi connectivity index (χ1n) is 14.6. The van der Waals surface area contributed by atoms with Crippen molar-refractivity contribution in [2.45, 2.75) is 79.1 Å². The lowest BCUT2D eigenvalue weighted by Gasteiger charge is -2.34. The van der Waals surface area contributed by atoms with Crippen LogP contribution in [0.2, 0.25) is 0 Å². The van der Waals surface area contributed by atoms with Crippen molar-refractivity contribution in [1.29, 1.82) is 0 Å². The van der Waals surface area contributed by atoms with Crippen molar-refractivity contribution in [1.82, 2.24) is 15.0 Å². The predicted molar refractivity (Wildman–Crippen MR) is 168 cm³/mol. The SMILES string of the molecule is Cc1ccc(-c2ccc(C(=O)CC(CCn3nnc4ccccc4c3=O)(C(=O)OC(C)(C)C)C(=O)OC(C)(C)C)cc2)cc1. The molecular weight excluding hydrogens is 558 g/mol. The van der Waals surface area contributed by atoms with E-state index >= 15 is 0 Å². The van der Waals surface area contributed by atoms with Crippen molar-refractivity contribution in [2.24, 2.45) is 5.41 Å². The standard InChI is InChI=1S/C35H39N3O6/c1-23-12-14-24(15-13-23)25-16-18-26(19-17-25)29(39)22-35(31(41)43-33(2,3)4,32(42)44-34(5,6)7)20-21-38-30(40)27-10-8-9-11-28(27)36-37-38/h8-19H,20-22H2,1-7H3. The number of ether oxygens (including phenoxy) is 2. The first-order chi connectivity index (χ1) is 20.6. The number of carbonyl (C=O) groups excluding carboxylic acids is 3. The Morgan fingerprint density at radius 3 is 1.82 bits per heavy atom. The van der Waals surface area contributed by atoms with Crippen LogP contribution in [0.15, 0.2) is 77.6 Å². The summed E-state index contributed by atoms with van der Waals surface area (Å²) in [7, 11) is 0. The van der Waals surface area contributed by atoms with Crippen LogP contribution in [0.5, 0.6) is 0 Å². The third kappa shape index (κ3) is 7.64. The van der Waals surface area contributed by atoms with E-state index in [2.05, 4.69) is 10.3 Å². The van der Waals surface area contributed by atoms with E-state index in [1.54, 1.807) is 77.9 Å². The molecule has 0 N–H and O–H groups in total. The molecule has 1 heterocycles. The molecule has 9 nitrogen and oxygen atoms in total. The number of nitrogens with zero attached hydrogens (tertiary/aromatic N) is 3. The maximum absolute atomic E-state index is 14.0. The van der Waals surface area contributed by atoms with Crippen LogP contribution in [-0.2, 0) is 25.6 Å². The molecule has 0 aliphatic carbocycles. The van der Waals surface area contributed by atoms with Crippen molar-refractivity contribution in [3.05, 3.63) is 94.3 Å². The smallest absolute Gasteiger partial charge is 0.324 e. The van der Waals surface area contributed by atoms with E-state index < -0.39 is 46.3 Å². The van der Waals surface area contributed by atoms with Gasteiger partial charge in [-0.05, 0) is 78.1 Å². The Kier molecular flexibility index (Phi) is 9.18. The predicted octanol–water partition coefficient (Wildman–Crippen LogP) is 6.10. The average Bonchev–Trinajstić information content (AvgIpc) is 2.95. The Bertz CT molecular complexity index is 1700. The zero-order valence-electron chi connectivity index (χ0n) is 26.3. The van der Waals surface area contributed by atoms with Gasteiger partial charge in [0, 0.05) is 18.5 Å². The van der Waals surface area contributed by atoms with Crippen LogP contribution in [0, 0.1) is 12.3 Å². The number of rotatable bonds is 9. The van der Waals surface area contributed by atoms with Crippen LogP contribution in [0.4, 0.5) is 0 Å². The fourth-order valence-corrected chi connectivity index (χ4v) is 4.71. The number of esters is 2. The number of aromatic nitrogens is 3. The highest BCUT2D eigenvalue weighted by Gasteiger charge is 2.52. The monoisotopic (exact) mass is 597 g/mol. The minimum absolute atomic E-state index is 0.186. The largest absolute Gasteiger partial charge is 0.459 e. The molecule has 4 aromatic rings. The number of carbonyl (C=O) groups is 3. The summed E-state index contributed by atoms with van der Waals surface area (Å²) >= 11 is 0. The molecule has 230 valence electrons. The van der Waals surface area contributed by atoms with Crippen LogP contribution in [0.25, 0.3) is 22.0 Å². The molecule has 0 radical (unpaired) electrons. The van der Waals surface area contributed by atoms with E-state index in [4.69, 9.17) is 9.47 Å². The summed E-state index contributed by atoms with van der Waals surface area (Å²) in [6.45, 7) is 11.9. The van der Waals surface area contributed by atoms with Crippen LogP contribution < -0.4 is 5.56 Å². The number of benzene rings is 3. The lowest BCUT2D eigenvalue weighted by atomic mass is 9.77. The molecule has 9 heteroatoms. The third-order valence-corrected chi connectivity index (χ3v) is 7.01. The molecule has 3 aromatic carbocycles. The zero-order valence-corrected chi connectivity index (χ0v) is 26.3. The van der Waals surface area contributed by atoms with Crippen molar-refractivity contribution in [2.75, 3.05) is 0 Å². The average molecular weight is 598 g/mol. The summed E-state index contributed by atoms with van der Waals surface area (Å²) in [6, 6.07) is 21.8. The van der Waals surface area contributed by atoms with Gasteiger partial charge < -0.3 is 9.47 Å².